The van der Waals surface area contributed by atoms with Crippen molar-refractivity contribution in [2.24, 2.45) is 0 Å². The summed E-state index contributed by atoms with van der Waals surface area (Å²) in [6.07, 6.45) is 1.28. The second-order valence-corrected chi connectivity index (χ2v) is 6.72. The van der Waals surface area contributed by atoms with Gasteiger partial charge in [0.1, 0.15) is 6.54 Å². The molecule has 2 aromatic carbocycles. The minimum atomic E-state index is -0.397. The van der Waals surface area contributed by atoms with Gasteiger partial charge in [-0.25, -0.2) is 4.98 Å². The molecule has 0 unspecified atom stereocenters. The van der Waals surface area contributed by atoms with Crippen LogP contribution in [0.4, 0.5) is 5.69 Å². The Morgan fingerprint density at radius 2 is 1.92 bits per heavy atom. The normalized spacial score (nSPS) is 10.9. The molecule has 0 spiro atoms. The Morgan fingerprint density at radius 3 is 2.64 bits per heavy atom. The lowest BCUT2D eigenvalue weighted by Gasteiger charge is -2.09. The van der Waals surface area contributed by atoms with E-state index in [2.05, 4.69) is 10.3 Å². The van der Waals surface area contributed by atoms with Gasteiger partial charge in [0.2, 0.25) is 5.91 Å². The first-order valence-corrected chi connectivity index (χ1v) is 8.39. The maximum Gasteiger partial charge on any atom is 0.261 e. The number of hydrogen-bond acceptors (Lipinski definition) is 3. The van der Waals surface area contributed by atoms with Crippen molar-refractivity contribution in [2.75, 3.05) is 5.32 Å². The number of hydrogen-bond donors (Lipinski definition) is 1. The monoisotopic (exact) mass is 395 g/mol. The predicted octanol–water partition coefficient (Wildman–Crippen LogP) is 4.30. The van der Waals surface area contributed by atoms with E-state index in [4.69, 9.17) is 34.8 Å². The van der Waals surface area contributed by atoms with Crippen LogP contribution < -0.4 is 10.9 Å². The standard InChI is InChI=1S/C17H12Cl3N3O2/c1-9-2-3-11(6-13(9)19)22-15(24)7-23-8-21-16-12(17(23)25)4-10(18)5-14(16)20/h2-6,8H,7H2,1H3,(H,22,24). The summed E-state index contributed by atoms with van der Waals surface area (Å²) in [7, 11) is 0. The number of rotatable bonds is 3. The maximum absolute atomic E-state index is 12.5. The molecule has 0 aliphatic carbocycles. The fourth-order valence-electron chi connectivity index (χ4n) is 2.33. The van der Waals surface area contributed by atoms with Crippen LogP contribution in [0.5, 0.6) is 0 Å². The molecule has 0 bridgehead atoms. The van der Waals surface area contributed by atoms with Crippen molar-refractivity contribution in [3.05, 3.63) is 67.6 Å². The first kappa shape index (κ1) is 17.7. The van der Waals surface area contributed by atoms with Gasteiger partial charge >= 0.3 is 0 Å². The van der Waals surface area contributed by atoms with Crippen LogP contribution in [0.2, 0.25) is 15.1 Å². The highest BCUT2D eigenvalue weighted by Crippen LogP contribution is 2.24. The number of anilines is 1. The summed E-state index contributed by atoms with van der Waals surface area (Å²) in [5, 5.41) is 4.11. The molecule has 25 heavy (non-hydrogen) atoms. The molecular formula is C17H12Cl3N3O2. The molecule has 3 aromatic rings. The number of amides is 1. The quantitative estimate of drug-likeness (QED) is 0.718. The number of benzene rings is 2. The molecule has 0 aliphatic rings. The number of aryl methyl sites for hydroxylation is 1. The third-order valence-electron chi connectivity index (χ3n) is 3.62. The van der Waals surface area contributed by atoms with Crippen LogP contribution in [0.3, 0.4) is 0 Å². The average molecular weight is 397 g/mol. The Bertz CT molecular complexity index is 1050. The van der Waals surface area contributed by atoms with Crippen LogP contribution in [-0.4, -0.2) is 15.5 Å². The molecular weight excluding hydrogens is 385 g/mol. The molecule has 128 valence electrons. The third-order valence-corrected chi connectivity index (χ3v) is 4.53. The van der Waals surface area contributed by atoms with Gasteiger partial charge < -0.3 is 5.32 Å². The van der Waals surface area contributed by atoms with Gasteiger partial charge in [-0.1, -0.05) is 40.9 Å². The zero-order valence-electron chi connectivity index (χ0n) is 13.0. The van der Waals surface area contributed by atoms with Crippen molar-refractivity contribution in [3.8, 4) is 0 Å². The topological polar surface area (TPSA) is 64.0 Å². The molecule has 0 atom stereocenters. The molecule has 5 nitrogen and oxygen atoms in total. The highest BCUT2D eigenvalue weighted by molar-refractivity contribution is 6.38. The van der Waals surface area contributed by atoms with Gasteiger partial charge in [-0.05, 0) is 36.8 Å². The molecule has 1 aromatic heterocycles. The smallest absolute Gasteiger partial charge is 0.261 e. The van der Waals surface area contributed by atoms with Gasteiger partial charge in [-0.15, -0.1) is 0 Å². The fourth-order valence-corrected chi connectivity index (χ4v) is 3.06. The van der Waals surface area contributed by atoms with Gasteiger partial charge in [0.05, 0.1) is 22.3 Å². The summed E-state index contributed by atoms with van der Waals surface area (Å²) in [4.78, 5) is 28.9. The van der Waals surface area contributed by atoms with E-state index in [9.17, 15) is 9.59 Å². The molecule has 0 aliphatic heterocycles. The summed E-state index contributed by atoms with van der Waals surface area (Å²) in [6, 6.07) is 8.17. The van der Waals surface area contributed by atoms with E-state index < -0.39 is 5.56 Å². The minimum absolute atomic E-state index is 0.197. The van der Waals surface area contributed by atoms with Crippen LogP contribution >= 0.6 is 34.8 Å². The van der Waals surface area contributed by atoms with E-state index >= 15 is 0 Å². The van der Waals surface area contributed by atoms with Crippen molar-refractivity contribution in [1.82, 2.24) is 9.55 Å². The number of nitrogens with one attached hydrogen (secondary N) is 1. The summed E-state index contributed by atoms with van der Waals surface area (Å²) < 4.78 is 1.19. The molecule has 1 N–H and O–H groups in total. The highest BCUT2D eigenvalue weighted by Gasteiger charge is 2.12. The molecule has 0 saturated heterocycles. The van der Waals surface area contributed by atoms with Gasteiger partial charge in [0.15, 0.2) is 0 Å². The number of carbonyl (C=O) groups excluding carboxylic acids is 1. The van der Waals surface area contributed by atoms with Crippen molar-refractivity contribution in [2.45, 2.75) is 13.5 Å². The lowest BCUT2D eigenvalue weighted by Crippen LogP contribution is -2.28. The van der Waals surface area contributed by atoms with Crippen molar-refractivity contribution in [1.29, 1.82) is 0 Å². The molecule has 0 saturated carbocycles. The second kappa shape index (κ2) is 7.04. The zero-order chi connectivity index (χ0) is 18.1. The highest BCUT2D eigenvalue weighted by atomic mass is 35.5. The van der Waals surface area contributed by atoms with E-state index in [-0.39, 0.29) is 22.9 Å². The SMILES string of the molecule is Cc1ccc(NC(=O)Cn2cnc3c(Cl)cc(Cl)cc3c2=O)cc1Cl. The number of nitrogens with zero attached hydrogens (tertiary/aromatic N) is 2. The molecule has 0 fully saturated rings. The van der Waals surface area contributed by atoms with Crippen molar-refractivity contribution < 1.29 is 4.79 Å². The van der Waals surface area contributed by atoms with E-state index in [0.29, 0.717) is 21.2 Å². The largest absolute Gasteiger partial charge is 0.324 e. The van der Waals surface area contributed by atoms with Gasteiger partial charge in [-0.3, -0.25) is 14.2 Å². The molecule has 3 rings (SSSR count). The fraction of sp³-hybridized carbons (Fsp3) is 0.118. The Kier molecular flexibility index (Phi) is 4.99. The number of aromatic nitrogens is 2. The average Bonchev–Trinajstić information content (AvgIpc) is 2.54. The van der Waals surface area contributed by atoms with Crippen LogP contribution in [0, 0.1) is 6.92 Å². The predicted molar refractivity (Wildman–Crippen MR) is 101 cm³/mol. The third kappa shape index (κ3) is 3.79. The van der Waals surface area contributed by atoms with Gasteiger partial charge in [-0.2, -0.15) is 0 Å². The van der Waals surface area contributed by atoms with E-state index in [1.807, 2.05) is 6.92 Å². The summed E-state index contributed by atoms with van der Waals surface area (Å²) >= 11 is 18.0. The van der Waals surface area contributed by atoms with E-state index in [1.165, 1.54) is 23.0 Å². The Labute approximate surface area is 158 Å². The van der Waals surface area contributed by atoms with E-state index in [0.717, 1.165) is 5.56 Å². The van der Waals surface area contributed by atoms with E-state index in [1.54, 1.807) is 18.2 Å². The van der Waals surface area contributed by atoms with Gasteiger partial charge in [0.25, 0.3) is 5.56 Å². The molecule has 8 heteroatoms. The van der Waals surface area contributed by atoms with Crippen LogP contribution in [-0.2, 0) is 11.3 Å². The second-order valence-electron chi connectivity index (χ2n) is 5.47. The van der Waals surface area contributed by atoms with Crippen molar-refractivity contribution in [3.63, 3.8) is 0 Å². The lowest BCUT2D eigenvalue weighted by atomic mass is 10.2. The molecule has 1 heterocycles. The van der Waals surface area contributed by atoms with Crippen LogP contribution in [0.1, 0.15) is 5.56 Å². The summed E-state index contributed by atoms with van der Waals surface area (Å²) in [5.74, 6) is -0.378. The lowest BCUT2D eigenvalue weighted by molar-refractivity contribution is -0.116. The summed E-state index contributed by atoms with van der Waals surface area (Å²) in [6.45, 7) is 1.67. The molecule has 1 amide bonds. The number of fused-ring (bicyclic) bond motifs is 1. The van der Waals surface area contributed by atoms with Crippen molar-refractivity contribution >= 4 is 57.3 Å². The Balaban J connectivity index is 1.87. The minimum Gasteiger partial charge on any atom is -0.324 e. The number of halogens is 3. The van der Waals surface area contributed by atoms with Crippen LogP contribution in [0.15, 0.2) is 41.5 Å². The maximum atomic E-state index is 12.5. The van der Waals surface area contributed by atoms with Gasteiger partial charge in [0, 0.05) is 15.7 Å². The van der Waals surface area contributed by atoms with Crippen LogP contribution in [0.25, 0.3) is 10.9 Å². The Hall–Kier alpha value is -2.08. The molecule has 0 radical (unpaired) electrons. The zero-order valence-corrected chi connectivity index (χ0v) is 15.3. The Morgan fingerprint density at radius 1 is 1.16 bits per heavy atom. The first-order valence-electron chi connectivity index (χ1n) is 7.25. The summed E-state index contributed by atoms with van der Waals surface area (Å²) in [5.41, 5.74) is 1.40. The number of carbonyl (C=O) groups is 1. The first-order chi connectivity index (χ1) is 11.8.